The molecular formula is C15H18F2N2S. The number of nitrogens with one attached hydrogen (secondary N) is 1. The number of hydrogen-bond acceptors (Lipinski definition) is 3. The molecule has 0 bridgehead atoms. The summed E-state index contributed by atoms with van der Waals surface area (Å²) in [5.74, 6) is -1.03. The van der Waals surface area contributed by atoms with Gasteiger partial charge in [0.15, 0.2) is 0 Å². The van der Waals surface area contributed by atoms with E-state index in [0.29, 0.717) is 17.8 Å². The van der Waals surface area contributed by atoms with Crippen molar-refractivity contribution in [1.82, 2.24) is 10.3 Å². The van der Waals surface area contributed by atoms with Gasteiger partial charge in [0.05, 0.1) is 16.7 Å². The first-order chi connectivity index (χ1) is 9.54. The summed E-state index contributed by atoms with van der Waals surface area (Å²) in [5, 5.41) is 5.93. The third-order valence-electron chi connectivity index (χ3n) is 3.14. The number of rotatable bonds is 5. The van der Waals surface area contributed by atoms with E-state index in [1.54, 1.807) is 6.92 Å². The van der Waals surface area contributed by atoms with Crippen molar-refractivity contribution in [2.75, 3.05) is 6.54 Å². The highest BCUT2D eigenvalue weighted by Gasteiger charge is 2.24. The van der Waals surface area contributed by atoms with Gasteiger partial charge in [-0.2, -0.15) is 0 Å². The van der Waals surface area contributed by atoms with Gasteiger partial charge < -0.3 is 5.32 Å². The van der Waals surface area contributed by atoms with Crippen LogP contribution in [0.15, 0.2) is 17.5 Å². The van der Waals surface area contributed by atoms with Crippen LogP contribution in [-0.4, -0.2) is 11.5 Å². The summed E-state index contributed by atoms with van der Waals surface area (Å²) in [4.78, 5) is 4.37. The number of thiazole rings is 1. The fourth-order valence-corrected chi connectivity index (χ4v) is 2.74. The minimum absolute atomic E-state index is 0.0590. The van der Waals surface area contributed by atoms with Gasteiger partial charge in [-0.25, -0.2) is 13.8 Å². The Morgan fingerprint density at radius 1 is 1.30 bits per heavy atom. The van der Waals surface area contributed by atoms with Crippen LogP contribution in [0.3, 0.4) is 0 Å². The van der Waals surface area contributed by atoms with E-state index in [1.807, 2.05) is 19.2 Å². The summed E-state index contributed by atoms with van der Waals surface area (Å²) in [6, 6.07) is 2.23. The van der Waals surface area contributed by atoms with Gasteiger partial charge in [-0.15, -0.1) is 11.3 Å². The zero-order valence-electron chi connectivity index (χ0n) is 11.8. The lowest BCUT2D eigenvalue weighted by atomic mass is 10.00. The summed E-state index contributed by atoms with van der Waals surface area (Å²) in [6.07, 6.45) is 0.884. The summed E-state index contributed by atoms with van der Waals surface area (Å²) in [6.45, 7) is 6.21. The summed E-state index contributed by atoms with van der Waals surface area (Å²) in [7, 11) is 0. The number of nitrogens with zero attached hydrogens (tertiary/aromatic N) is 1. The molecule has 1 atom stereocenters. The minimum Gasteiger partial charge on any atom is -0.305 e. The molecular weight excluding hydrogens is 278 g/mol. The second-order valence-corrected chi connectivity index (χ2v) is 5.83. The second kappa shape index (κ2) is 6.41. The Bertz CT molecular complexity index is 596. The van der Waals surface area contributed by atoms with E-state index in [9.17, 15) is 8.78 Å². The Morgan fingerprint density at radius 3 is 2.65 bits per heavy atom. The maximum Gasteiger partial charge on any atom is 0.134 e. The Morgan fingerprint density at radius 2 is 2.05 bits per heavy atom. The zero-order chi connectivity index (χ0) is 14.7. The number of aromatic nitrogens is 1. The molecule has 0 radical (unpaired) electrons. The molecule has 1 aromatic carbocycles. The maximum atomic E-state index is 14.3. The molecule has 1 unspecified atom stereocenters. The van der Waals surface area contributed by atoms with E-state index < -0.39 is 17.7 Å². The van der Waals surface area contributed by atoms with Crippen molar-refractivity contribution in [2.45, 2.75) is 33.2 Å². The summed E-state index contributed by atoms with van der Waals surface area (Å²) in [5.41, 5.74) is 1.17. The van der Waals surface area contributed by atoms with Crippen LogP contribution >= 0.6 is 11.3 Å². The van der Waals surface area contributed by atoms with Gasteiger partial charge in [0.2, 0.25) is 0 Å². The van der Waals surface area contributed by atoms with Gasteiger partial charge in [-0.05, 0) is 38.4 Å². The highest BCUT2D eigenvalue weighted by molar-refractivity contribution is 7.09. The molecule has 5 heteroatoms. The van der Waals surface area contributed by atoms with Crippen molar-refractivity contribution in [1.29, 1.82) is 0 Å². The van der Waals surface area contributed by atoms with Crippen molar-refractivity contribution in [3.05, 3.63) is 51.0 Å². The van der Waals surface area contributed by atoms with E-state index in [-0.39, 0.29) is 5.56 Å². The fraction of sp³-hybridized carbons (Fsp3) is 0.400. The van der Waals surface area contributed by atoms with Crippen molar-refractivity contribution in [3.63, 3.8) is 0 Å². The first-order valence-electron chi connectivity index (χ1n) is 6.64. The standard InChI is InChI=1S/C15H18F2N2S/c1-4-7-18-15(12-8-20-10(3)19-12)13-11(16)6-5-9(2)14(13)17/h5-6,8,15,18H,4,7H2,1-3H3. The van der Waals surface area contributed by atoms with E-state index >= 15 is 0 Å². The largest absolute Gasteiger partial charge is 0.305 e. The SMILES string of the molecule is CCCNC(c1csc(C)n1)c1c(F)ccc(C)c1F. The molecule has 1 N–H and O–H groups in total. The molecule has 2 nitrogen and oxygen atoms in total. The number of benzene rings is 1. The molecule has 108 valence electrons. The van der Waals surface area contributed by atoms with Crippen molar-refractivity contribution < 1.29 is 8.78 Å². The first-order valence-corrected chi connectivity index (χ1v) is 7.52. The molecule has 0 aliphatic heterocycles. The smallest absolute Gasteiger partial charge is 0.134 e. The number of hydrogen-bond donors (Lipinski definition) is 1. The lowest BCUT2D eigenvalue weighted by Crippen LogP contribution is -2.25. The topological polar surface area (TPSA) is 24.9 Å². The third-order valence-corrected chi connectivity index (χ3v) is 3.93. The Hall–Kier alpha value is -1.33. The van der Waals surface area contributed by atoms with E-state index in [1.165, 1.54) is 23.5 Å². The van der Waals surface area contributed by atoms with E-state index in [2.05, 4.69) is 10.3 Å². The van der Waals surface area contributed by atoms with Crippen LogP contribution < -0.4 is 5.32 Å². The molecule has 0 saturated carbocycles. The Kier molecular flexibility index (Phi) is 4.83. The first kappa shape index (κ1) is 15.1. The van der Waals surface area contributed by atoms with Gasteiger partial charge in [-0.1, -0.05) is 13.0 Å². The molecule has 0 fully saturated rings. The number of aryl methyl sites for hydroxylation is 2. The van der Waals surface area contributed by atoms with Gasteiger partial charge in [0, 0.05) is 10.9 Å². The quantitative estimate of drug-likeness (QED) is 0.897. The van der Waals surface area contributed by atoms with E-state index in [0.717, 1.165) is 11.4 Å². The monoisotopic (exact) mass is 296 g/mol. The molecule has 0 amide bonds. The van der Waals surface area contributed by atoms with Crippen molar-refractivity contribution in [2.24, 2.45) is 0 Å². The number of halogens is 2. The molecule has 0 aliphatic carbocycles. The molecule has 0 saturated heterocycles. The van der Waals surface area contributed by atoms with Crippen LogP contribution in [0.1, 0.15) is 41.2 Å². The van der Waals surface area contributed by atoms with Gasteiger partial charge in [-0.3, -0.25) is 0 Å². The fourth-order valence-electron chi connectivity index (χ4n) is 2.10. The average Bonchev–Trinajstić information content (AvgIpc) is 2.84. The van der Waals surface area contributed by atoms with Crippen molar-refractivity contribution in [3.8, 4) is 0 Å². The third kappa shape index (κ3) is 3.04. The average molecular weight is 296 g/mol. The maximum absolute atomic E-state index is 14.3. The Labute approximate surface area is 121 Å². The van der Waals surface area contributed by atoms with Crippen molar-refractivity contribution >= 4 is 11.3 Å². The predicted molar refractivity (Wildman–Crippen MR) is 78.1 cm³/mol. The normalized spacial score (nSPS) is 12.7. The molecule has 1 aromatic heterocycles. The highest BCUT2D eigenvalue weighted by atomic mass is 32.1. The van der Waals surface area contributed by atoms with Gasteiger partial charge >= 0.3 is 0 Å². The van der Waals surface area contributed by atoms with E-state index in [4.69, 9.17) is 0 Å². The van der Waals surface area contributed by atoms with Gasteiger partial charge in [0.1, 0.15) is 11.6 Å². The molecule has 0 aliphatic rings. The molecule has 20 heavy (non-hydrogen) atoms. The van der Waals surface area contributed by atoms with Crippen LogP contribution in [0, 0.1) is 25.5 Å². The van der Waals surface area contributed by atoms with Crippen LogP contribution in [0.4, 0.5) is 8.78 Å². The zero-order valence-corrected chi connectivity index (χ0v) is 12.7. The lowest BCUT2D eigenvalue weighted by molar-refractivity contribution is 0.495. The van der Waals surface area contributed by atoms with Crippen LogP contribution in [0.5, 0.6) is 0 Å². The highest BCUT2D eigenvalue weighted by Crippen LogP contribution is 2.29. The molecule has 0 spiro atoms. The molecule has 2 rings (SSSR count). The predicted octanol–water partition coefficient (Wildman–Crippen LogP) is 4.13. The second-order valence-electron chi connectivity index (χ2n) is 4.77. The Balaban J connectivity index is 2.49. The molecule has 2 aromatic rings. The molecule has 1 heterocycles. The van der Waals surface area contributed by atoms with Crippen LogP contribution in [-0.2, 0) is 0 Å². The lowest BCUT2D eigenvalue weighted by Gasteiger charge is -2.19. The summed E-state index contributed by atoms with van der Waals surface area (Å²) >= 11 is 1.48. The minimum atomic E-state index is -0.542. The van der Waals surface area contributed by atoms with Crippen LogP contribution in [0.2, 0.25) is 0 Å². The van der Waals surface area contributed by atoms with Gasteiger partial charge in [0.25, 0.3) is 0 Å². The summed E-state index contributed by atoms with van der Waals surface area (Å²) < 4.78 is 28.4. The van der Waals surface area contributed by atoms with Crippen LogP contribution in [0.25, 0.3) is 0 Å².